The lowest BCUT2D eigenvalue weighted by molar-refractivity contribution is -0.133. The molecule has 2 rings (SSSR count). The summed E-state index contributed by atoms with van der Waals surface area (Å²) in [5.41, 5.74) is 3.48. The third kappa shape index (κ3) is 6.68. The van der Waals surface area contributed by atoms with Gasteiger partial charge < -0.3 is 14.7 Å². The Morgan fingerprint density at radius 1 is 1.10 bits per heavy atom. The van der Waals surface area contributed by atoms with Gasteiger partial charge in [0, 0.05) is 35.7 Å². The number of carboxylic acids is 1. The topological polar surface area (TPSA) is 66.8 Å². The minimum atomic E-state index is -0.865. The zero-order valence-electron chi connectivity index (χ0n) is 17.1. The summed E-state index contributed by atoms with van der Waals surface area (Å²) >= 11 is 1.27. The Bertz CT molecular complexity index is 858. The Hall–Kier alpha value is -2.73. The molecular weight excluding hydrogens is 386 g/mol. The van der Waals surface area contributed by atoms with Crippen LogP contribution in [0.3, 0.4) is 0 Å². The first-order valence-corrected chi connectivity index (χ1v) is 10.7. The lowest BCUT2D eigenvalue weighted by Crippen LogP contribution is -2.21. The molecule has 0 amide bonds. The van der Waals surface area contributed by atoms with Gasteiger partial charge in [0.05, 0.1) is 12.9 Å². The van der Waals surface area contributed by atoms with E-state index in [1.165, 1.54) is 11.8 Å². The van der Waals surface area contributed by atoms with Crippen molar-refractivity contribution in [2.24, 2.45) is 0 Å². The van der Waals surface area contributed by atoms with E-state index >= 15 is 0 Å². The number of ketones is 1. The van der Waals surface area contributed by atoms with Gasteiger partial charge >= 0.3 is 5.97 Å². The fraction of sp³-hybridized carbons (Fsp3) is 0.304. The van der Waals surface area contributed by atoms with Gasteiger partial charge in [-0.1, -0.05) is 18.2 Å². The number of benzene rings is 2. The van der Waals surface area contributed by atoms with Crippen molar-refractivity contribution in [2.75, 3.05) is 30.9 Å². The second-order valence-electron chi connectivity index (χ2n) is 6.37. The average molecular weight is 414 g/mol. The van der Waals surface area contributed by atoms with Gasteiger partial charge in [-0.05, 0) is 55.8 Å². The van der Waals surface area contributed by atoms with Gasteiger partial charge in [-0.25, -0.2) is 0 Å². The van der Waals surface area contributed by atoms with E-state index in [1.54, 1.807) is 37.5 Å². The summed E-state index contributed by atoms with van der Waals surface area (Å²) < 4.78 is 5.32. The van der Waals surface area contributed by atoms with Gasteiger partial charge in [0.25, 0.3) is 0 Å². The number of hydrogen-bond acceptors (Lipinski definition) is 5. The molecule has 0 spiro atoms. The third-order valence-electron chi connectivity index (χ3n) is 4.50. The number of aliphatic carboxylic acids is 1. The minimum absolute atomic E-state index is 0.00468. The molecule has 0 fully saturated rings. The van der Waals surface area contributed by atoms with Gasteiger partial charge in [0.1, 0.15) is 5.75 Å². The fourth-order valence-corrected chi connectivity index (χ4v) is 3.67. The van der Waals surface area contributed by atoms with Crippen LogP contribution < -0.4 is 9.64 Å². The molecule has 2 aromatic rings. The minimum Gasteiger partial charge on any atom is -0.496 e. The van der Waals surface area contributed by atoms with E-state index in [4.69, 9.17) is 9.84 Å². The molecule has 1 N–H and O–H groups in total. The molecule has 6 heteroatoms. The third-order valence-corrected chi connectivity index (χ3v) is 5.46. The predicted molar refractivity (Wildman–Crippen MR) is 120 cm³/mol. The highest BCUT2D eigenvalue weighted by Crippen LogP contribution is 2.25. The Morgan fingerprint density at radius 3 is 2.38 bits per heavy atom. The fourth-order valence-electron chi connectivity index (χ4n) is 2.95. The number of methoxy groups -OCH3 is 1. The number of anilines is 1. The van der Waals surface area contributed by atoms with E-state index in [0.717, 1.165) is 29.9 Å². The zero-order chi connectivity index (χ0) is 21.2. The number of nitrogens with zero attached hydrogens (tertiary/aromatic N) is 1. The quantitative estimate of drug-likeness (QED) is 0.423. The lowest BCUT2D eigenvalue weighted by atomic mass is 10.1. The maximum absolute atomic E-state index is 12.6. The van der Waals surface area contributed by atoms with Gasteiger partial charge in [-0.15, -0.1) is 11.8 Å². The van der Waals surface area contributed by atoms with Crippen LogP contribution in [0.15, 0.2) is 48.5 Å². The second-order valence-corrected chi connectivity index (χ2v) is 7.36. The summed E-state index contributed by atoms with van der Waals surface area (Å²) in [5.74, 6) is 0.147. The van der Waals surface area contributed by atoms with E-state index in [9.17, 15) is 9.59 Å². The first-order valence-electron chi connectivity index (χ1n) is 9.52. The highest BCUT2D eigenvalue weighted by Gasteiger charge is 2.10. The van der Waals surface area contributed by atoms with Crippen LogP contribution in [0.4, 0.5) is 5.69 Å². The number of carbonyl (C=O) groups is 2. The molecule has 29 heavy (non-hydrogen) atoms. The maximum atomic E-state index is 12.6. The number of carbonyl (C=O) groups excluding carboxylic acids is 1. The van der Waals surface area contributed by atoms with E-state index in [-0.39, 0.29) is 11.5 Å². The largest absolute Gasteiger partial charge is 0.496 e. The van der Waals surface area contributed by atoms with Crippen molar-refractivity contribution in [3.05, 3.63) is 65.2 Å². The molecule has 0 saturated carbocycles. The molecule has 0 aliphatic rings. The van der Waals surface area contributed by atoms with Crippen molar-refractivity contribution in [1.82, 2.24) is 0 Å². The van der Waals surface area contributed by atoms with E-state index < -0.39 is 5.97 Å². The van der Waals surface area contributed by atoms with Crippen LogP contribution in [-0.2, 0) is 10.5 Å². The molecule has 2 aromatic carbocycles. The number of allylic oxidation sites excluding steroid dienone is 1. The number of hydrogen-bond donors (Lipinski definition) is 1. The van der Waals surface area contributed by atoms with E-state index in [2.05, 4.69) is 30.9 Å². The normalized spacial score (nSPS) is 10.9. The molecule has 0 unspecified atom stereocenters. The Morgan fingerprint density at radius 2 is 1.79 bits per heavy atom. The van der Waals surface area contributed by atoms with Gasteiger partial charge in [0.2, 0.25) is 0 Å². The van der Waals surface area contributed by atoms with Crippen LogP contribution in [0.5, 0.6) is 5.75 Å². The first-order chi connectivity index (χ1) is 14.0. The van der Waals surface area contributed by atoms with Crippen molar-refractivity contribution >= 4 is 35.3 Å². The van der Waals surface area contributed by atoms with Crippen LogP contribution in [0.25, 0.3) is 6.08 Å². The monoisotopic (exact) mass is 413 g/mol. The molecule has 0 radical (unpaired) electrons. The number of carboxylic acid groups (broad SMARTS) is 1. The molecule has 0 aliphatic carbocycles. The van der Waals surface area contributed by atoms with Crippen molar-refractivity contribution in [2.45, 2.75) is 19.6 Å². The highest BCUT2D eigenvalue weighted by atomic mass is 32.2. The zero-order valence-corrected chi connectivity index (χ0v) is 17.9. The molecule has 0 bridgehead atoms. The van der Waals surface area contributed by atoms with Crippen LogP contribution in [0.1, 0.15) is 35.3 Å². The summed E-state index contributed by atoms with van der Waals surface area (Å²) in [5, 5.41) is 8.80. The molecule has 154 valence electrons. The maximum Gasteiger partial charge on any atom is 0.313 e. The van der Waals surface area contributed by atoms with Gasteiger partial charge in [-0.3, -0.25) is 9.59 Å². The summed E-state index contributed by atoms with van der Waals surface area (Å²) in [6.45, 7) is 6.15. The predicted octanol–water partition coefficient (Wildman–Crippen LogP) is 4.76. The van der Waals surface area contributed by atoms with Crippen molar-refractivity contribution in [3.8, 4) is 5.75 Å². The smallest absolute Gasteiger partial charge is 0.313 e. The van der Waals surface area contributed by atoms with Crippen molar-refractivity contribution in [3.63, 3.8) is 0 Å². The Balaban J connectivity index is 2.10. The summed E-state index contributed by atoms with van der Waals surface area (Å²) in [4.78, 5) is 25.6. The van der Waals surface area contributed by atoms with Crippen LogP contribution in [0.2, 0.25) is 0 Å². The summed E-state index contributed by atoms with van der Waals surface area (Å²) in [6, 6.07) is 13.4. The van der Waals surface area contributed by atoms with Gasteiger partial charge in [0.15, 0.2) is 5.78 Å². The average Bonchev–Trinajstić information content (AvgIpc) is 2.73. The lowest BCUT2D eigenvalue weighted by Gasteiger charge is -2.20. The highest BCUT2D eigenvalue weighted by molar-refractivity contribution is 7.99. The molecule has 0 atom stereocenters. The molecule has 0 aliphatic heterocycles. The Kier molecular flexibility index (Phi) is 8.80. The standard InChI is InChI=1S/C23H27NO4S/c1-4-24(5-2)20-10-6-17(7-11-20)8-12-21(25)18-9-13-22(28-3)19(14-18)15-29-16-23(26)27/h6-14H,4-5,15-16H2,1-3H3,(H,26,27)/b12-8+. The van der Waals surface area contributed by atoms with E-state index in [0.29, 0.717) is 17.1 Å². The number of rotatable bonds is 11. The second kappa shape index (κ2) is 11.3. The van der Waals surface area contributed by atoms with E-state index in [1.807, 2.05) is 12.1 Å². The molecule has 0 aromatic heterocycles. The Labute approximate surface area is 176 Å². The first kappa shape index (κ1) is 22.6. The molecule has 5 nitrogen and oxygen atoms in total. The molecular formula is C23H27NO4S. The van der Waals surface area contributed by atoms with Crippen molar-refractivity contribution in [1.29, 1.82) is 0 Å². The number of thioether (sulfide) groups is 1. The van der Waals surface area contributed by atoms with Crippen molar-refractivity contribution < 1.29 is 19.4 Å². The van der Waals surface area contributed by atoms with Crippen LogP contribution in [0, 0.1) is 0 Å². The van der Waals surface area contributed by atoms with Crippen LogP contribution in [-0.4, -0.2) is 42.8 Å². The van der Waals surface area contributed by atoms with Gasteiger partial charge in [-0.2, -0.15) is 0 Å². The SMILES string of the molecule is CCN(CC)c1ccc(/C=C/C(=O)c2ccc(OC)c(CSCC(=O)O)c2)cc1. The van der Waals surface area contributed by atoms with Crippen LogP contribution >= 0.6 is 11.8 Å². The molecule has 0 heterocycles. The molecule has 0 saturated heterocycles. The summed E-state index contributed by atoms with van der Waals surface area (Å²) in [7, 11) is 1.56. The number of ether oxygens (including phenoxy) is 1. The summed E-state index contributed by atoms with van der Waals surface area (Å²) in [6.07, 6.45) is 3.36.